The van der Waals surface area contributed by atoms with Crippen molar-refractivity contribution in [2.24, 2.45) is 0 Å². The zero-order valence-electron chi connectivity index (χ0n) is 7.86. The van der Waals surface area contributed by atoms with E-state index in [-0.39, 0.29) is 4.90 Å². The first-order chi connectivity index (χ1) is 6.13. The number of carbonyl (C=O) groups is 1. The molecular formula is C8H11F4NO. The Balaban J connectivity index is 2.69. The predicted molar refractivity (Wildman–Crippen MR) is 41.1 cm³/mol. The van der Waals surface area contributed by atoms with E-state index in [1.165, 1.54) is 0 Å². The van der Waals surface area contributed by atoms with Gasteiger partial charge in [0.15, 0.2) is 0 Å². The van der Waals surface area contributed by atoms with E-state index in [1.807, 2.05) is 0 Å². The van der Waals surface area contributed by atoms with Crippen molar-refractivity contribution in [1.29, 1.82) is 0 Å². The fraction of sp³-hybridized carbons (Fsp3) is 0.875. The quantitative estimate of drug-likeness (QED) is 0.509. The summed E-state index contributed by atoms with van der Waals surface area (Å²) in [4.78, 5) is 11.1. The molecule has 1 aliphatic carbocycles. The summed E-state index contributed by atoms with van der Waals surface area (Å²) in [5, 5.41) is 0. The maximum atomic E-state index is 12.8. The molecule has 1 saturated carbocycles. The summed E-state index contributed by atoms with van der Waals surface area (Å²) in [6.07, 6.45) is -1.34. The predicted octanol–water partition coefficient (Wildman–Crippen LogP) is 2.25. The standard InChI is InChI=1S/C8H11F4NO/c1-5(14)13(7(2,9)10)6-3-8(11,12)4-6/h6H,3-4H2,1-2H3. The highest BCUT2D eigenvalue weighted by Gasteiger charge is 2.53. The van der Waals surface area contributed by atoms with Gasteiger partial charge in [0, 0.05) is 32.7 Å². The minimum Gasteiger partial charge on any atom is -0.281 e. The number of rotatable bonds is 2. The zero-order valence-corrected chi connectivity index (χ0v) is 7.86. The molecule has 0 aromatic carbocycles. The van der Waals surface area contributed by atoms with Gasteiger partial charge in [-0.25, -0.2) is 8.78 Å². The number of hydrogen-bond acceptors (Lipinski definition) is 1. The van der Waals surface area contributed by atoms with E-state index < -0.39 is 36.8 Å². The van der Waals surface area contributed by atoms with Crippen LogP contribution in [0.1, 0.15) is 26.7 Å². The highest BCUT2D eigenvalue weighted by Crippen LogP contribution is 2.43. The molecule has 1 amide bonds. The molecule has 0 aromatic heterocycles. The summed E-state index contributed by atoms with van der Waals surface area (Å²) in [7, 11) is 0. The Morgan fingerprint density at radius 1 is 1.43 bits per heavy atom. The molecule has 0 radical (unpaired) electrons. The van der Waals surface area contributed by atoms with E-state index in [0.29, 0.717) is 6.92 Å². The van der Waals surface area contributed by atoms with Gasteiger partial charge in [-0.2, -0.15) is 8.78 Å². The molecule has 0 aliphatic heterocycles. The Morgan fingerprint density at radius 3 is 2.07 bits per heavy atom. The van der Waals surface area contributed by atoms with Crippen LogP contribution in [0.4, 0.5) is 17.6 Å². The van der Waals surface area contributed by atoms with Crippen LogP contribution in [-0.2, 0) is 4.79 Å². The van der Waals surface area contributed by atoms with E-state index in [4.69, 9.17) is 0 Å². The van der Waals surface area contributed by atoms with Gasteiger partial charge in [0.1, 0.15) is 0 Å². The number of nitrogens with zero attached hydrogens (tertiary/aromatic N) is 1. The average Bonchev–Trinajstić information content (AvgIpc) is 1.77. The molecule has 0 atom stereocenters. The van der Waals surface area contributed by atoms with Crippen LogP contribution >= 0.6 is 0 Å². The van der Waals surface area contributed by atoms with Gasteiger partial charge < -0.3 is 0 Å². The maximum Gasteiger partial charge on any atom is 0.325 e. The summed E-state index contributed by atoms with van der Waals surface area (Å²) in [6.45, 7) is 1.48. The molecule has 82 valence electrons. The summed E-state index contributed by atoms with van der Waals surface area (Å²) in [5.41, 5.74) is 0. The maximum absolute atomic E-state index is 12.8. The molecule has 1 aliphatic rings. The number of alkyl halides is 4. The molecule has 0 aromatic rings. The van der Waals surface area contributed by atoms with Crippen LogP contribution in [-0.4, -0.2) is 28.8 Å². The normalized spacial score (nSPS) is 21.6. The SMILES string of the molecule is CC(=O)N(C1CC(F)(F)C1)C(C)(F)F. The molecule has 1 fully saturated rings. The van der Waals surface area contributed by atoms with Gasteiger partial charge in [-0.1, -0.05) is 0 Å². The molecule has 2 nitrogen and oxygen atoms in total. The van der Waals surface area contributed by atoms with Crippen molar-refractivity contribution < 1.29 is 22.4 Å². The van der Waals surface area contributed by atoms with Gasteiger partial charge in [0.05, 0.1) is 0 Å². The summed E-state index contributed by atoms with van der Waals surface area (Å²) < 4.78 is 50.5. The van der Waals surface area contributed by atoms with E-state index in [2.05, 4.69) is 0 Å². The molecule has 0 spiro atoms. The number of halogens is 4. The highest BCUT2D eigenvalue weighted by molar-refractivity contribution is 5.74. The summed E-state index contributed by atoms with van der Waals surface area (Å²) in [5.74, 6) is -3.78. The Bertz CT molecular complexity index is 240. The van der Waals surface area contributed by atoms with Gasteiger partial charge in [0.25, 0.3) is 5.92 Å². The molecule has 0 unspecified atom stereocenters. The highest BCUT2D eigenvalue weighted by atomic mass is 19.3. The van der Waals surface area contributed by atoms with Crippen molar-refractivity contribution in [1.82, 2.24) is 4.90 Å². The largest absolute Gasteiger partial charge is 0.325 e. The first-order valence-electron chi connectivity index (χ1n) is 4.19. The summed E-state index contributed by atoms with van der Waals surface area (Å²) >= 11 is 0. The van der Waals surface area contributed by atoms with Crippen LogP contribution in [0.25, 0.3) is 0 Å². The lowest BCUT2D eigenvalue weighted by Crippen LogP contribution is -2.57. The third kappa shape index (κ3) is 2.16. The monoisotopic (exact) mass is 213 g/mol. The second-order valence-electron chi connectivity index (χ2n) is 3.65. The summed E-state index contributed by atoms with van der Waals surface area (Å²) in [6, 6.07) is -4.41. The minimum absolute atomic E-state index is 0.227. The second kappa shape index (κ2) is 3.10. The van der Waals surface area contributed by atoms with Crippen molar-refractivity contribution in [2.45, 2.75) is 44.7 Å². The molecule has 1 rings (SSSR count). The van der Waals surface area contributed by atoms with E-state index >= 15 is 0 Å². The van der Waals surface area contributed by atoms with Gasteiger partial charge in [-0.05, 0) is 0 Å². The van der Waals surface area contributed by atoms with E-state index in [9.17, 15) is 22.4 Å². The van der Waals surface area contributed by atoms with Gasteiger partial charge in [-0.15, -0.1) is 0 Å². The average molecular weight is 213 g/mol. The van der Waals surface area contributed by atoms with Crippen molar-refractivity contribution >= 4 is 5.91 Å². The first-order valence-corrected chi connectivity index (χ1v) is 4.19. The topological polar surface area (TPSA) is 20.3 Å². The van der Waals surface area contributed by atoms with Crippen molar-refractivity contribution in [2.75, 3.05) is 0 Å². The van der Waals surface area contributed by atoms with E-state index in [1.54, 1.807) is 0 Å². The molecular weight excluding hydrogens is 202 g/mol. The Labute approximate surface area is 78.9 Å². The third-order valence-electron chi connectivity index (χ3n) is 2.20. The molecule has 0 bridgehead atoms. The minimum atomic E-state index is -3.37. The van der Waals surface area contributed by atoms with Gasteiger partial charge in [-0.3, -0.25) is 9.69 Å². The van der Waals surface area contributed by atoms with Crippen LogP contribution in [0.5, 0.6) is 0 Å². The molecule has 0 heterocycles. The van der Waals surface area contributed by atoms with Crippen LogP contribution in [0, 0.1) is 0 Å². The van der Waals surface area contributed by atoms with Crippen LogP contribution in [0.15, 0.2) is 0 Å². The van der Waals surface area contributed by atoms with Crippen molar-refractivity contribution in [3.8, 4) is 0 Å². The second-order valence-corrected chi connectivity index (χ2v) is 3.65. The zero-order chi connectivity index (χ0) is 11.1. The van der Waals surface area contributed by atoms with Crippen LogP contribution < -0.4 is 0 Å². The Hall–Kier alpha value is -0.810. The third-order valence-corrected chi connectivity index (χ3v) is 2.20. The smallest absolute Gasteiger partial charge is 0.281 e. The van der Waals surface area contributed by atoms with Crippen LogP contribution in [0.3, 0.4) is 0 Å². The lowest BCUT2D eigenvalue weighted by molar-refractivity contribution is -0.209. The molecule has 0 saturated heterocycles. The lowest BCUT2D eigenvalue weighted by Gasteiger charge is -2.44. The fourth-order valence-electron chi connectivity index (χ4n) is 1.67. The first kappa shape index (κ1) is 11.3. The number of hydrogen-bond donors (Lipinski definition) is 0. The Kier molecular flexibility index (Phi) is 2.49. The lowest BCUT2D eigenvalue weighted by atomic mass is 9.86. The molecule has 14 heavy (non-hydrogen) atoms. The van der Waals surface area contributed by atoms with Crippen molar-refractivity contribution in [3.05, 3.63) is 0 Å². The molecule has 0 N–H and O–H groups in total. The number of amides is 1. The Morgan fingerprint density at radius 2 is 1.86 bits per heavy atom. The van der Waals surface area contributed by atoms with Crippen LogP contribution in [0.2, 0.25) is 0 Å². The number of carbonyl (C=O) groups excluding carboxylic acids is 1. The molecule has 6 heteroatoms. The van der Waals surface area contributed by atoms with Crippen molar-refractivity contribution in [3.63, 3.8) is 0 Å². The van der Waals surface area contributed by atoms with Gasteiger partial charge in [0.2, 0.25) is 5.91 Å². The van der Waals surface area contributed by atoms with E-state index in [0.717, 1.165) is 6.92 Å². The van der Waals surface area contributed by atoms with Gasteiger partial charge >= 0.3 is 6.05 Å². The fourth-order valence-corrected chi connectivity index (χ4v) is 1.67.